The summed E-state index contributed by atoms with van der Waals surface area (Å²) in [5, 5.41) is 3.46. The molecule has 0 aliphatic heterocycles. The predicted octanol–water partition coefficient (Wildman–Crippen LogP) is 3.46. The van der Waals surface area contributed by atoms with Crippen LogP contribution in [0.15, 0.2) is 28.2 Å². The van der Waals surface area contributed by atoms with Crippen LogP contribution in [0.2, 0.25) is 0 Å². The molecule has 0 saturated heterocycles. The molecule has 0 aliphatic rings. The van der Waals surface area contributed by atoms with Gasteiger partial charge in [-0.2, -0.15) is 0 Å². The van der Waals surface area contributed by atoms with E-state index in [1.165, 1.54) is 8.66 Å². The number of nitrogens with zero attached hydrogens (tertiary/aromatic N) is 2. The summed E-state index contributed by atoms with van der Waals surface area (Å²) in [6.07, 6.45) is 1.80. The lowest BCUT2D eigenvalue weighted by Gasteiger charge is -2.11. The van der Waals surface area contributed by atoms with Crippen molar-refractivity contribution in [3.05, 3.63) is 44.6 Å². The van der Waals surface area contributed by atoms with E-state index in [9.17, 15) is 0 Å². The maximum atomic E-state index is 4.36. The third-order valence-corrected chi connectivity index (χ3v) is 4.25. The molecule has 0 radical (unpaired) electrons. The van der Waals surface area contributed by atoms with Crippen molar-refractivity contribution in [1.82, 2.24) is 15.3 Å². The fourth-order valence-corrected chi connectivity index (χ4v) is 2.97. The molecule has 0 spiro atoms. The standard InChI is InChI=1S/C12H14BrN3S/c1-8(11-3-4-12(13)17-11)15-7-10-5-6-14-9(2)16-10/h3-6,8,15H,7H2,1-2H3. The average Bonchev–Trinajstić information content (AvgIpc) is 2.73. The normalized spacial score (nSPS) is 12.6. The van der Waals surface area contributed by atoms with Crippen molar-refractivity contribution in [3.8, 4) is 0 Å². The van der Waals surface area contributed by atoms with Gasteiger partial charge in [0.15, 0.2) is 0 Å². The minimum absolute atomic E-state index is 0.335. The zero-order chi connectivity index (χ0) is 12.3. The van der Waals surface area contributed by atoms with Crippen LogP contribution in [0.5, 0.6) is 0 Å². The molecule has 1 unspecified atom stereocenters. The van der Waals surface area contributed by atoms with E-state index in [0.29, 0.717) is 6.04 Å². The van der Waals surface area contributed by atoms with Crippen LogP contribution in [0.1, 0.15) is 29.4 Å². The van der Waals surface area contributed by atoms with Gasteiger partial charge < -0.3 is 5.32 Å². The van der Waals surface area contributed by atoms with Crippen LogP contribution in [-0.2, 0) is 6.54 Å². The van der Waals surface area contributed by atoms with Crippen LogP contribution in [0.3, 0.4) is 0 Å². The SMILES string of the molecule is Cc1nccc(CNC(C)c2ccc(Br)s2)n1. The van der Waals surface area contributed by atoms with Gasteiger partial charge in [0.1, 0.15) is 5.82 Å². The molecular formula is C12H14BrN3S. The first-order chi connectivity index (χ1) is 8.15. The number of hydrogen-bond donors (Lipinski definition) is 1. The molecule has 0 amide bonds. The van der Waals surface area contributed by atoms with Crippen molar-refractivity contribution in [2.45, 2.75) is 26.4 Å². The van der Waals surface area contributed by atoms with Gasteiger partial charge in [0.2, 0.25) is 0 Å². The molecule has 2 aromatic heterocycles. The van der Waals surface area contributed by atoms with Crippen LogP contribution in [0.4, 0.5) is 0 Å². The van der Waals surface area contributed by atoms with E-state index in [1.54, 1.807) is 17.5 Å². The first-order valence-corrected chi connectivity index (χ1v) is 7.03. The Morgan fingerprint density at radius 1 is 1.41 bits per heavy atom. The number of aromatic nitrogens is 2. The molecule has 1 atom stereocenters. The van der Waals surface area contributed by atoms with Crippen LogP contribution < -0.4 is 5.32 Å². The lowest BCUT2D eigenvalue weighted by atomic mass is 10.2. The number of rotatable bonds is 4. The summed E-state index contributed by atoms with van der Waals surface area (Å²) in [5.41, 5.74) is 1.03. The molecule has 1 N–H and O–H groups in total. The maximum absolute atomic E-state index is 4.36. The molecule has 5 heteroatoms. The first-order valence-electron chi connectivity index (χ1n) is 5.42. The molecule has 0 aliphatic carbocycles. The Kier molecular flexibility index (Phi) is 4.25. The van der Waals surface area contributed by atoms with E-state index in [1.807, 2.05) is 13.0 Å². The second kappa shape index (κ2) is 5.71. The largest absolute Gasteiger partial charge is 0.304 e. The minimum atomic E-state index is 0.335. The van der Waals surface area contributed by atoms with Gasteiger partial charge in [0.25, 0.3) is 0 Å². The van der Waals surface area contributed by atoms with Crippen molar-refractivity contribution in [2.75, 3.05) is 0 Å². The molecule has 0 fully saturated rings. The lowest BCUT2D eigenvalue weighted by molar-refractivity contribution is 0.574. The van der Waals surface area contributed by atoms with Crippen LogP contribution in [0.25, 0.3) is 0 Å². The van der Waals surface area contributed by atoms with Gasteiger partial charge in [-0.3, -0.25) is 0 Å². The Morgan fingerprint density at radius 2 is 2.24 bits per heavy atom. The van der Waals surface area contributed by atoms with Crippen LogP contribution >= 0.6 is 27.3 Å². The maximum Gasteiger partial charge on any atom is 0.125 e. The molecule has 0 saturated carbocycles. The van der Waals surface area contributed by atoms with Gasteiger partial charge in [-0.05, 0) is 48.0 Å². The summed E-state index contributed by atoms with van der Waals surface area (Å²) in [5.74, 6) is 0.816. The molecule has 0 bridgehead atoms. The predicted molar refractivity (Wildman–Crippen MR) is 74.0 cm³/mol. The Morgan fingerprint density at radius 3 is 2.88 bits per heavy atom. The summed E-state index contributed by atoms with van der Waals surface area (Å²) in [6.45, 7) is 4.83. The fourth-order valence-electron chi connectivity index (χ4n) is 1.52. The van der Waals surface area contributed by atoms with E-state index >= 15 is 0 Å². The first kappa shape index (κ1) is 12.7. The zero-order valence-electron chi connectivity index (χ0n) is 9.77. The highest BCUT2D eigenvalue weighted by atomic mass is 79.9. The second-order valence-electron chi connectivity index (χ2n) is 3.84. The highest BCUT2D eigenvalue weighted by Crippen LogP contribution is 2.27. The van der Waals surface area contributed by atoms with E-state index in [0.717, 1.165) is 18.1 Å². The van der Waals surface area contributed by atoms with Crippen LogP contribution in [-0.4, -0.2) is 9.97 Å². The van der Waals surface area contributed by atoms with Crippen molar-refractivity contribution in [2.24, 2.45) is 0 Å². The summed E-state index contributed by atoms with van der Waals surface area (Å²) in [6, 6.07) is 6.49. The number of halogens is 1. The Balaban J connectivity index is 1.94. The number of thiophene rings is 1. The molecule has 2 aromatic rings. The molecule has 17 heavy (non-hydrogen) atoms. The highest BCUT2D eigenvalue weighted by Gasteiger charge is 2.07. The third kappa shape index (κ3) is 3.59. The summed E-state index contributed by atoms with van der Waals surface area (Å²) >= 11 is 5.23. The van der Waals surface area contributed by atoms with Crippen LogP contribution in [0, 0.1) is 6.92 Å². The van der Waals surface area contributed by atoms with Gasteiger partial charge >= 0.3 is 0 Å². The van der Waals surface area contributed by atoms with Gasteiger partial charge in [-0.15, -0.1) is 11.3 Å². The molecule has 2 heterocycles. The number of nitrogens with one attached hydrogen (secondary N) is 1. The molecule has 0 aromatic carbocycles. The topological polar surface area (TPSA) is 37.8 Å². The summed E-state index contributed by atoms with van der Waals surface area (Å²) in [4.78, 5) is 9.77. The Bertz CT molecular complexity index is 498. The van der Waals surface area contributed by atoms with E-state index in [-0.39, 0.29) is 0 Å². The second-order valence-corrected chi connectivity index (χ2v) is 6.33. The van der Waals surface area contributed by atoms with E-state index in [4.69, 9.17) is 0 Å². The van der Waals surface area contributed by atoms with Gasteiger partial charge in [0.05, 0.1) is 9.48 Å². The minimum Gasteiger partial charge on any atom is -0.304 e. The van der Waals surface area contributed by atoms with Crippen molar-refractivity contribution < 1.29 is 0 Å². The molecule has 3 nitrogen and oxygen atoms in total. The lowest BCUT2D eigenvalue weighted by Crippen LogP contribution is -2.18. The summed E-state index contributed by atoms with van der Waals surface area (Å²) in [7, 11) is 0. The molecular weight excluding hydrogens is 298 g/mol. The van der Waals surface area contributed by atoms with Gasteiger partial charge in [0, 0.05) is 23.7 Å². The van der Waals surface area contributed by atoms with Crippen molar-refractivity contribution in [3.63, 3.8) is 0 Å². The van der Waals surface area contributed by atoms with E-state index < -0.39 is 0 Å². The fraction of sp³-hybridized carbons (Fsp3) is 0.333. The highest BCUT2D eigenvalue weighted by molar-refractivity contribution is 9.11. The van der Waals surface area contributed by atoms with Gasteiger partial charge in [-0.25, -0.2) is 9.97 Å². The van der Waals surface area contributed by atoms with E-state index in [2.05, 4.69) is 50.3 Å². The summed E-state index contributed by atoms with van der Waals surface area (Å²) < 4.78 is 1.17. The van der Waals surface area contributed by atoms with Crippen molar-refractivity contribution >= 4 is 27.3 Å². The smallest absolute Gasteiger partial charge is 0.125 e. The van der Waals surface area contributed by atoms with Gasteiger partial charge in [-0.1, -0.05) is 0 Å². The Labute approximate surface area is 113 Å². The quantitative estimate of drug-likeness (QED) is 0.939. The monoisotopic (exact) mass is 311 g/mol. The zero-order valence-corrected chi connectivity index (χ0v) is 12.2. The third-order valence-electron chi connectivity index (χ3n) is 2.44. The Hall–Kier alpha value is -0.780. The number of hydrogen-bond acceptors (Lipinski definition) is 4. The van der Waals surface area contributed by atoms with Crippen molar-refractivity contribution in [1.29, 1.82) is 0 Å². The average molecular weight is 312 g/mol. The molecule has 90 valence electrons. The molecule has 2 rings (SSSR count). The number of aryl methyl sites for hydroxylation is 1.